The van der Waals surface area contributed by atoms with E-state index in [-0.39, 0.29) is 24.5 Å². The number of anilines is 1. The molecule has 0 saturated carbocycles. The number of ether oxygens (including phenoxy) is 1. The molecule has 1 aromatic heterocycles. The molecular weight excluding hydrogens is 462 g/mol. The van der Waals surface area contributed by atoms with Crippen LogP contribution in [0.1, 0.15) is 54.9 Å². The number of rotatable bonds is 6. The number of aliphatic hydroxyl groups excluding tert-OH is 1. The summed E-state index contributed by atoms with van der Waals surface area (Å²) in [7, 11) is 1.53. The van der Waals surface area contributed by atoms with Crippen molar-refractivity contribution in [2.45, 2.75) is 46.7 Å². The smallest absolute Gasteiger partial charge is 0.260 e. The summed E-state index contributed by atoms with van der Waals surface area (Å²) >= 11 is 0. The molecular formula is C25H33N7O4. The van der Waals surface area contributed by atoms with Gasteiger partial charge in [-0.3, -0.25) is 14.6 Å². The number of nitrogens with zero attached hydrogens (tertiary/aromatic N) is 4. The lowest BCUT2D eigenvalue weighted by atomic mass is 9.91. The number of aromatic nitrogens is 1. The van der Waals surface area contributed by atoms with Gasteiger partial charge in [-0.15, -0.1) is 10.6 Å². The molecule has 0 saturated heterocycles. The lowest BCUT2D eigenvalue weighted by Gasteiger charge is -2.34. The molecule has 0 spiro atoms. The van der Waals surface area contributed by atoms with Gasteiger partial charge >= 0.3 is 0 Å². The number of nitrogens with one attached hydrogen (secondary N) is 3. The summed E-state index contributed by atoms with van der Waals surface area (Å²) in [6.07, 6.45) is 0.700. The Morgan fingerprint density at radius 2 is 2.03 bits per heavy atom. The lowest BCUT2D eigenvalue weighted by molar-refractivity contribution is -0.140. The Morgan fingerprint density at radius 1 is 1.25 bits per heavy atom. The van der Waals surface area contributed by atoms with E-state index < -0.39 is 5.41 Å². The van der Waals surface area contributed by atoms with E-state index in [1.165, 1.54) is 7.11 Å². The number of carbonyl (C=O) groups excluding carboxylic acids is 2. The van der Waals surface area contributed by atoms with Crippen molar-refractivity contribution in [2.75, 3.05) is 25.6 Å². The predicted octanol–water partition coefficient (Wildman–Crippen LogP) is 1.64. The van der Waals surface area contributed by atoms with Gasteiger partial charge in [0.05, 0.1) is 25.3 Å². The zero-order valence-corrected chi connectivity index (χ0v) is 21.3. The Morgan fingerprint density at radius 3 is 2.72 bits per heavy atom. The second-order valence-corrected chi connectivity index (χ2v) is 9.97. The number of fused-ring (bicyclic) bond motifs is 1. The molecule has 0 fully saturated rings. The van der Waals surface area contributed by atoms with E-state index in [9.17, 15) is 14.7 Å². The molecule has 11 nitrogen and oxygen atoms in total. The van der Waals surface area contributed by atoms with Gasteiger partial charge in [0.1, 0.15) is 17.3 Å². The maximum absolute atomic E-state index is 13.3. The summed E-state index contributed by atoms with van der Waals surface area (Å²) in [5.74, 6) is 1.01. The van der Waals surface area contributed by atoms with Crippen LogP contribution >= 0.6 is 0 Å². The molecule has 0 radical (unpaired) electrons. The van der Waals surface area contributed by atoms with Crippen molar-refractivity contribution in [3.63, 3.8) is 0 Å². The van der Waals surface area contributed by atoms with E-state index in [0.29, 0.717) is 48.2 Å². The van der Waals surface area contributed by atoms with Crippen molar-refractivity contribution >= 4 is 23.5 Å². The van der Waals surface area contributed by atoms with Gasteiger partial charge in [-0.1, -0.05) is 26.8 Å². The van der Waals surface area contributed by atoms with Crippen LogP contribution in [0.25, 0.3) is 0 Å². The van der Waals surface area contributed by atoms with Gasteiger partial charge in [-0.25, -0.2) is 10.5 Å². The highest BCUT2D eigenvalue weighted by molar-refractivity contribution is 6.06. The highest BCUT2D eigenvalue weighted by Crippen LogP contribution is 2.30. The number of hydrazone groups is 1. The number of hydrogen-bond donors (Lipinski definition) is 4. The average molecular weight is 496 g/mol. The van der Waals surface area contributed by atoms with E-state index in [1.54, 1.807) is 29.3 Å². The molecule has 1 aromatic carbocycles. The topological polar surface area (TPSA) is 131 Å². The summed E-state index contributed by atoms with van der Waals surface area (Å²) in [6, 6.07) is 8.65. The summed E-state index contributed by atoms with van der Waals surface area (Å²) in [5.41, 5.74) is 7.93. The van der Waals surface area contributed by atoms with E-state index in [0.717, 1.165) is 11.1 Å². The SMILES string of the molecule is COc1cc2c(cc1C(=O)Nc1cccc(C3=NNNN3C(C)CO)n1)CN(C(=O)C(C)(C)C)CC2. The van der Waals surface area contributed by atoms with Crippen LogP contribution in [-0.4, -0.2) is 64.0 Å². The van der Waals surface area contributed by atoms with Crippen molar-refractivity contribution in [3.8, 4) is 5.75 Å². The molecule has 1 atom stereocenters. The number of amides is 2. The fourth-order valence-electron chi connectivity index (χ4n) is 4.21. The molecule has 3 heterocycles. The van der Waals surface area contributed by atoms with E-state index >= 15 is 0 Å². The second-order valence-electron chi connectivity index (χ2n) is 9.97. The minimum atomic E-state index is -0.472. The molecule has 2 amide bonds. The predicted molar refractivity (Wildman–Crippen MR) is 135 cm³/mol. The van der Waals surface area contributed by atoms with Gasteiger partial charge in [-0.2, -0.15) is 0 Å². The van der Waals surface area contributed by atoms with Gasteiger partial charge in [0, 0.05) is 18.5 Å². The van der Waals surface area contributed by atoms with E-state index in [1.807, 2.05) is 38.7 Å². The molecule has 2 aromatic rings. The van der Waals surface area contributed by atoms with Gasteiger partial charge < -0.3 is 20.1 Å². The summed E-state index contributed by atoms with van der Waals surface area (Å²) < 4.78 is 5.53. The van der Waals surface area contributed by atoms with Crippen LogP contribution in [0.15, 0.2) is 35.4 Å². The number of aliphatic hydroxyl groups is 1. The van der Waals surface area contributed by atoms with E-state index in [2.05, 4.69) is 26.5 Å². The fourth-order valence-corrected chi connectivity index (χ4v) is 4.21. The first-order valence-electron chi connectivity index (χ1n) is 11.9. The largest absolute Gasteiger partial charge is 0.496 e. The number of benzene rings is 1. The summed E-state index contributed by atoms with van der Waals surface area (Å²) in [6.45, 7) is 8.56. The number of hydrogen-bond acceptors (Lipinski definition) is 9. The number of hydrazine groups is 2. The number of pyridine rings is 1. The molecule has 192 valence electrons. The van der Waals surface area contributed by atoms with Crippen molar-refractivity contribution in [2.24, 2.45) is 10.5 Å². The fraction of sp³-hybridized carbons (Fsp3) is 0.440. The number of methoxy groups -OCH3 is 1. The maximum Gasteiger partial charge on any atom is 0.260 e. The zero-order valence-electron chi connectivity index (χ0n) is 21.3. The van der Waals surface area contributed by atoms with Gasteiger partial charge in [0.15, 0.2) is 5.84 Å². The number of amidine groups is 1. The third-order valence-corrected chi connectivity index (χ3v) is 6.19. The van der Waals surface area contributed by atoms with E-state index in [4.69, 9.17) is 4.74 Å². The summed E-state index contributed by atoms with van der Waals surface area (Å²) in [4.78, 5) is 32.5. The van der Waals surface area contributed by atoms with Crippen molar-refractivity contribution in [1.29, 1.82) is 0 Å². The van der Waals surface area contributed by atoms with Crippen molar-refractivity contribution in [3.05, 3.63) is 52.7 Å². The van der Waals surface area contributed by atoms with Crippen LogP contribution in [0, 0.1) is 5.41 Å². The van der Waals surface area contributed by atoms with Gasteiger partial charge in [0.2, 0.25) is 5.91 Å². The first-order chi connectivity index (χ1) is 17.1. The standard InChI is InChI=1S/C25H33N7O4/c1-15(14-33)32-22(28-29-30-32)19-7-6-8-21(26-19)27-23(34)18-11-17-13-31(24(35)25(2,3)4)10-9-16(17)12-20(18)36-5/h6-8,11-12,15,29-30,33H,9-10,13-14H2,1-5H3,(H,26,27,34). The van der Waals surface area contributed by atoms with Crippen LogP contribution in [-0.2, 0) is 17.8 Å². The Bertz CT molecular complexity index is 1190. The quantitative estimate of drug-likeness (QED) is 0.476. The van der Waals surface area contributed by atoms with Gasteiger partial charge in [-0.05, 0) is 48.7 Å². The highest BCUT2D eigenvalue weighted by atomic mass is 16.5. The average Bonchev–Trinajstić information content (AvgIpc) is 3.36. The van der Waals surface area contributed by atoms with Crippen LogP contribution in [0.3, 0.4) is 0 Å². The molecule has 4 N–H and O–H groups in total. The molecule has 2 aliphatic rings. The lowest BCUT2D eigenvalue weighted by Crippen LogP contribution is -2.48. The van der Waals surface area contributed by atoms with Crippen LogP contribution in [0.4, 0.5) is 5.82 Å². The Labute approximate surface area is 210 Å². The normalized spacial score (nSPS) is 16.1. The Hall–Kier alpha value is -3.70. The Balaban J connectivity index is 1.56. The molecule has 4 rings (SSSR count). The third-order valence-electron chi connectivity index (χ3n) is 6.19. The van der Waals surface area contributed by atoms with Crippen LogP contribution in [0.2, 0.25) is 0 Å². The molecule has 36 heavy (non-hydrogen) atoms. The highest BCUT2D eigenvalue weighted by Gasteiger charge is 2.31. The molecule has 1 unspecified atom stereocenters. The van der Waals surface area contributed by atoms with Crippen molar-refractivity contribution in [1.82, 2.24) is 26.0 Å². The van der Waals surface area contributed by atoms with Crippen LogP contribution in [0.5, 0.6) is 5.75 Å². The van der Waals surface area contributed by atoms with Crippen LogP contribution < -0.4 is 21.1 Å². The first kappa shape index (κ1) is 25.4. The van der Waals surface area contributed by atoms with Crippen molar-refractivity contribution < 1.29 is 19.4 Å². The minimum Gasteiger partial charge on any atom is -0.496 e. The number of carbonyl (C=O) groups is 2. The maximum atomic E-state index is 13.3. The minimum absolute atomic E-state index is 0.0823. The molecule has 0 aliphatic carbocycles. The van der Waals surface area contributed by atoms with Gasteiger partial charge in [0.25, 0.3) is 5.91 Å². The third kappa shape index (κ3) is 5.12. The second kappa shape index (κ2) is 10.1. The first-order valence-corrected chi connectivity index (χ1v) is 11.9. The Kier molecular flexibility index (Phi) is 7.14. The zero-order chi connectivity index (χ0) is 26.0. The molecule has 2 aliphatic heterocycles. The molecule has 0 bridgehead atoms. The summed E-state index contributed by atoms with van der Waals surface area (Å²) in [5, 5.41) is 18.2. The monoisotopic (exact) mass is 495 g/mol. The molecule has 11 heteroatoms.